The number of hydrogen-bond acceptors (Lipinski definition) is 2. The zero-order chi connectivity index (χ0) is 29.5. The van der Waals surface area contributed by atoms with E-state index in [0.717, 1.165) is 12.3 Å². The molecule has 0 aromatic heterocycles. The molecule has 0 aliphatic heterocycles. The fraction of sp³-hybridized carbons (Fsp3) is 0.944. The fourth-order valence-electron chi connectivity index (χ4n) is 6.11. The first kappa shape index (κ1) is 38.9. The van der Waals surface area contributed by atoms with Crippen LogP contribution >= 0.6 is 0 Å². The highest BCUT2D eigenvalue weighted by atomic mass is 16.1. The van der Waals surface area contributed by atoms with E-state index in [1.54, 1.807) is 0 Å². The van der Waals surface area contributed by atoms with Gasteiger partial charge in [-0.15, -0.1) is 0 Å². The number of carbonyl (C=O) groups excluding carboxylic acids is 2. The second kappa shape index (κ2) is 30.9. The smallest absolute Gasteiger partial charge is 0.217 e. The van der Waals surface area contributed by atoms with Crippen LogP contribution in [0.3, 0.4) is 0 Å². The van der Waals surface area contributed by atoms with E-state index in [0.29, 0.717) is 18.8 Å². The molecule has 0 aromatic rings. The fourth-order valence-corrected chi connectivity index (χ4v) is 6.11. The zero-order valence-electron chi connectivity index (χ0n) is 27.3. The molecule has 0 saturated heterocycles. The van der Waals surface area contributed by atoms with Gasteiger partial charge < -0.3 is 11.5 Å². The summed E-state index contributed by atoms with van der Waals surface area (Å²) in [7, 11) is 0. The van der Waals surface area contributed by atoms with Crippen LogP contribution in [0, 0.1) is 11.8 Å². The summed E-state index contributed by atoms with van der Waals surface area (Å²) in [4.78, 5) is 21.5. The molecule has 40 heavy (non-hydrogen) atoms. The molecule has 0 spiro atoms. The molecule has 2 atom stereocenters. The van der Waals surface area contributed by atoms with Gasteiger partial charge in [-0.05, 0) is 31.1 Å². The normalized spacial score (nSPS) is 16.2. The average molecular weight is 565 g/mol. The van der Waals surface area contributed by atoms with E-state index in [4.69, 9.17) is 11.5 Å². The topological polar surface area (TPSA) is 86.2 Å². The van der Waals surface area contributed by atoms with Gasteiger partial charge in [0.2, 0.25) is 11.8 Å². The van der Waals surface area contributed by atoms with Gasteiger partial charge in [-0.1, -0.05) is 174 Å². The molecule has 0 bridgehead atoms. The van der Waals surface area contributed by atoms with E-state index < -0.39 is 0 Å². The first-order chi connectivity index (χ1) is 19.5. The van der Waals surface area contributed by atoms with Gasteiger partial charge in [0.1, 0.15) is 0 Å². The largest absolute Gasteiger partial charge is 0.370 e. The van der Waals surface area contributed by atoms with E-state index in [9.17, 15) is 9.59 Å². The lowest BCUT2D eigenvalue weighted by atomic mass is 9.69. The minimum Gasteiger partial charge on any atom is -0.370 e. The molecule has 4 heteroatoms. The number of rotatable bonds is 29. The molecular weight excluding hydrogens is 492 g/mol. The maximum atomic E-state index is 10.9. The van der Waals surface area contributed by atoms with Crippen molar-refractivity contribution in [1.82, 2.24) is 0 Å². The Morgan fingerprint density at radius 2 is 0.775 bits per heavy atom. The third-order valence-electron chi connectivity index (χ3n) is 8.99. The lowest BCUT2D eigenvalue weighted by Gasteiger charge is -2.36. The van der Waals surface area contributed by atoms with Crippen LogP contribution in [0.1, 0.15) is 206 Å². The molecule has 2 amide bonds. The number of carbonyl (C=O) groups is 2. The minimum atomic E-state index is -0.153. The molecule has 0 radical (unpaired) electrons. The second-order valence-corrected chi connectivity index (χ2v) is 12.9. The van der Waals surface area contributed by atoms with E-state index in [1.807, 2.05) is 0 Å². The van der Waals surface area contributed by atoms with Gasteiger partial charge in [0.25, 0.3) is 0 Å². The van der Waals surface area contributed by atoms with Crippen molar-refractivity contribution in [1.29, 1.82) is 0 Å². The first-order valence-electron chi connectivity index (χ1n) is 18.1. The highest BCUT2D eigenvalue weighted by Crippen LogP contribution is 2.40. The van der Waals surface area contributed by atoms with Gasteiger partial charge in [0.05, 0.1) is 0 Å². The molecule has 238 valence electrons. The van der Waals surface area contributed by atoms with Crippen LogP contribution in [0.5, 0.6) is 0 Å². The molecule has 4 N–H and O–H groups in total. The van der Waals surface area contributed by atoms with Gasteiger partial charge in [-0.2, -0.15) is 0 Å². The summed E-state index contributed by atoms with van der Waals surface area (Å²) >= 11 is 0. The molecule has 4 nitrogen and oxygen atoms in total. The predicted octanol–water partition coefficient (Wildman–Crippen LogP) is 10.9. The van der Waals surface area contributed by atoms with Crippen molar-refractivity contribution in [3.63, 3.8) is 0 Å². The Hall–Kier alpha value is -1.06. The monoisotopic (exact) mass is 565 g/mol. The van der Waals surface area contributed by atoms with Crippen molar-refractivity contribution in [2.45, 2.75) is 206 Å². The summed E-state index contributed by atoms with van der Waals surface area (Å²) in [5, 5.41) is 0. The summed E-state index contributed by atoms with van der Waals surface area (Å²) in [6.07, 6.45) is 39.4. The standard InChI is InChI=1S/C18H35NO.C18H37NO/c1-2-3-4-5-6-7-8-9-10-11-12-16-13-14-17(16)15-18(19)20;1-2-3-4-5-6-7-8-9-10-11-12-13-14-15-16-17-18(19)20/h16-17H,2-15H2,1H3,(H2,19,20);2-17H2,1H3,(H2,19,20). The highest BCUT2D eigenvalue weighted by Gasteiger charge is 2.30. The van der Waals surface area contributed by atoms with Crippen LogP contribution in [-0.4, -0.2) is 11.8 Å². The quantitative estimate of drug-likeness (QED) is 0.0885. The van der Waals surface area contributed by atoms with Gasteiger partial charge in [-0.25, -0.2) is 0 Å². The van der Waals surface area contributed by atoms with Gasteiger partial charge in [0.15, 0.2) is 0 Å². The first-order valence-corrected chi connectivity index (χ1v) is 18.1. The van der Waals surface area contributed by atoms with E-state index in [1.165, 1.54) is 173 Å². The summed E-state index contributed by atoms with van der Waals surface area (Å²) < 4.78 is 0. The predicted molar refractivity (Wildman–Crippen MR) is 175 cm³/mol. The number of nitrogens with two attached hydrogens (primary N) is 2. The third kappa shape index (κ3) is 28.5. The molecule has 2 unspecified atom stereocenters. The minimum absolute atomic E-state index is 0.109. The lowest BCUT2D eigenvalue weighted by molar-refractivity contribution is -0.120. The van der Waals surface area contributed by atoms with Crippen LogP contribution in [0.2, 0.25) is 0 Å². The van der Waals surface area contributed by atoms with Crippen LogP contribution in [0.25, 0.3) is 0 Å². The Bertz CT molecular complexity index is 551. The Balaban J connectivity index is 0.000000760. The van der Waals surface area contributed by atoms with Crippen LogP contribution < -0.4 is 11.5 Å². The molecular formula is C36H72N2O2. The second-order valence-electron chi connectivity index (χ2n) is 12.9. The summed E-state index contributed by atoms with van der Waals surface area (Å²) in [5.41, 5.74) is 10.4. The highest BCUT2D eigenvalue weighted by molar-refractivity contribution is 5.74. The zero-order valence-corrected chi connectivity index (χ0v) is 27.3. The molecule has 1 saturated carbocycles. The number of unbranched alkanes of at least 4 members (excludes halogenated alkanes) is 23. The van der Waals surface area contributed by atoms with E-state index in [-0.39, 0.29) is 11.8 Å². The molecule has 1 aliphatic carbocycles. The van der Waals surface area contributed by atoms with Crippen LogP contribution in [0.15, 0.2) is 0 Å². The van der Waals surface area contributed by atoms with Gasteiger partial charge >= 0.3 is 0 Å². The van der Waals surface area contributed by atoms with Crippen molar-refractivity contribution in [2.75, 3.05) is 0 Å². The SMILES string of the molecule is CCCCCCCCCCCCC1CCC1CC(N)=O.CCCCCCCCCCCCCCCCCC(N)=O. The van der Waals surface area contributed by atoms with Crippen molar-refractivity contribution >= 4 is 11.8 Å². The number of hydrogen-bond donors (Lipinski definition) is 2. The molecule has 1 aliphatic rings. The lowest BCUT2D eigenvalue weighted by Crippen LogP contribution is -2.30. The Morgan fingerprint density at radius 3 is 1.07 bits per heavy atom. The number of primary amides is 2. The maximum Gasteiger partial charge on any atom is 0.217 e. The maximum absolute atomic E-state index is 10.9. The molecule has 1 rings (SSSR count). The van der Waals surface area contributed by atoms with Crippen LogP contribution in [-0.2, 0) is 9.59 Å². The molecule has 0 heterocycles. The summed E-state index contributed by atoms with van der Waals surface area (Å²) in [5.74, 6) is 1.16. The van der Waals surface area contributed by atoms with Crippen molar-refractivity contribution in [3.8, 4) is 0 Å². The van der Waals surface area contributed by atoms with Gasteiger partial charge in [0, 0.05) is 12.8 Å². The summed E-state index contributed by atoms with van der Waals surface area (Å²) in [6, 6.07) is 0. The van der Waals surface area contributed by atoms with Crippen molar-refractivity contribution in [3.05, 3.63) is 0 Å². The summed E-state index contributed by atoms with van der Waals surface area (Å²) in [6.45, 7) is 4.55. The Kier molecular flexibility index (Phi) is 30.1. The van der Waals surface area contributed by atoms with Crippen LogP contribution in [0.4, 0.5) is 0 Å². The van der Waals surface area contributed by atoms with E-state index >= 15 is 0 Å². The van der Waals surface area contributed by atoms with Crippen molar-refractivity contribution in [2.24, 2.45) is 23.3 Å². The van der Waals surface area contributed by atoms with E-state index in [2.05, 4.69) is 13.8 Å². The van der Waals surface area contributed by atoms with Crippen molar-refractivity contribution < 1.29 is 9.59 Å². The number of amides is 2. The molecule has 0 aromatic carbocycles. The van der Waals surface area contributed by atoms with Gasteiger partial charge in [-0.3, -0.25) is 9.59 Å². The Morgan fingerprint density at radius 1 is 0.450 bits per heavy atom. The molecule has 1 fully saturated rings. The third-order valence-corrected chi connectivity index (χ3v) is 8.99. The average Bonchev–Trinajstić information content (AvgIpc) is 2.92. The Labute approximate surface area is 251 Å².